The Kier molecular flexibility index (Phi) is 4.44. The Balaban J connectivity index is 3.18. The molecular weight excluding hydrogens is 236 g/mol. The fourth-order valence-corrected chi connectivity index (χ4v) is 1.29. The zero-order valence-electron chi connectivity index (χ0n) is 10.9. The van der Waals surface area contributed by atoms with E-state index in [1.807, 2.05) is 0 Å². The molecule has 0 atom stereocenters. The number of aldehydes is 1. The molecule has 0 aromatic heterocycles. The SMILES string of the molecule is COC(=O)c1cc(C=O)ccc1OC(C)(C)OC. The Morgan fingerprint density at radius 1 is 1.28 bits per heavy atom. The van der Waals surface area contributed by atoms with Gasteiger partial charge >= 0.3 is 5.97 Å². The predicted molar refractivity (Wildman–Crippen MR) is 64.9 cm³/mol. The molecule has 98 valence electrons. The van der Waals surface area contributed by atoms with E-state index in [9.17, 15) is 9.59 Å². The van der Waals surface area contributed by atoms with Crippen molar-refractivity contribution in [1.82, 2.24) is 0 Å². The largest absolute Gasteiger partial charge is 0.465 e. The van der Waals surface area contributed by atoms with Gasteiger partial charge in [0.1, 0.15) is 17.6 Å². The lowest BCUT2D eigenvalue weighted by molar-refractivity contribution is -0.134. The molecule has 0 saturated heterocycles. The third-order valence-corrected chi connectivity index (χ3v) is 2.39. The van der Waals surface area contributed by atoms with Crippen molar-refractivity contribution in [1.29, 1.82) is 0 Å². The summed E-state index contributed by atoms with van der Waals surface area (Å²) < 4.78 is 15.3. The lowest BCUT2D eigenvalue weighted by Crippen LogP contribution is -2.31. The van der Waals surface area contributed by atoms with E-state index < -0.39 is 11.8 Å². The molecule has 0 fully saturated rings. The van der Waals surface area contributed by atoms with Crippen LogP contribution in [0.3, 0.4) is 0 Å². The molecule has 1 aromatic carbocycles. The highest BCUT2D eigenvalue weighted by Gasteiger charge is 2.22. The number of benzene rings is 1. The third kappa shape index (κ3) is 3.30. The van der Waals surface area contributed by atoms with Crippen LogP contribution in [0.15, 0.2) is 18.2 Å². The van der Waals surface area contributed by atoms with Crippen LogP contribution in [0, 0.1) is 0 Å². The fourth-order valence-electron chi connectivity index (χ4n) is 1.29. The third-order valence-electron chi connectivity index (χ3n) is 2.39. The van der Waals surface area contributed by atoms with Gasteiger partial charge in [-0.2, -0.15) is 0 Å². The molecular formula is C13H16O5. The molecule has 0 amide bonds. The maximum absolute atomic E-state index is 11.6. The Labute approximate surface area is 106 Å². The smallest absolute Gasteiger partial charge is 0.341 e. The topological polar surface area (TPSA) is 61.8 Å². The van der Waals surface area contributed by atoms with Gasteiger partial charge in [0.2, 0.25) is 5.79 Å². The highest BCUT2D eigenvalue weighted by Crippen LogP contribution is 2.25. The first-order valence-electron chi connectivity index (χ1n) is 5.35. The second-order valence-electron chi connectivity index (χ2n) is 4.07. The molecule has 5 nitrogen and oxygen atoms in total. The van der Waals surface area contributed by atoms with Crippen molar-refractivity contribution in [2.45, 2.75) is 19.6 Å². The molecule has 0 aliphatic carbocycles. The molecule has 1 aromatic rings. The van der Waals surface area contributed by atoms with Gasteiger partial charge in [0, 0.05) is 26.5 Å². The quantitative estimate of drug-likeness (QED) is 0.456. The van der Waals surface area contributed by atoms with E-state index in [2.05, 4.69) is 4.74 Å². The summed E-state index contributed by atoms with van der Waals surface area (Å²) in [4.78, 5) is 22.3. The monoisotopic (exact) mass is 252 g/mol. The minimum absolute atomic E-state index is 0.187. The molecule has 0 N–H and O–H groups in total. The summed E-state index contributed by atoms with van der Waals surface area (Å²) in [5, 5.41) is 0. The number of hydrogen-bond acceptors (Lipinski definition) is 5. The number of ether oxygens (including phenoxy) is 3. The molecule has 18 heavy (non-hydrogen) atoms. The van der Waals surface area contributed by atoms with E-state index in [1.165, 1.54) is 26.4 Å². The van der Waals surface area contributed by atoms with Crippen molar-refractivity contribution in [2.75, 3.05) is 14.2 Å². The molecule has 0 spiro atoms. The summed E-state index contributed by atoms with van der Waals surface area (Å²) in [7, 11) is 2.76. The van der Waals surface area contributed by atoms with Crippen molar-refractivity contribution in [2.24, 2.45) is 0 Å². The molecule has 0 radical (unpaired) electrons. The van der Waals surface area contributed by atoms with Gasteiger partial charge in [-0.15, -0.1) is 0 Å². The maximum Gasteiger partial charge on any atom is 0.341 e. The second-order valence-corrected chi connectivity index (χ2v) is 4.07. The number of methoxy groups -OCH3 is 2. The van der Waals surface area contributed by atoms with Crippen LogP contribution in [0.4, 0.5) is 0 Å². The van der Waals surface area contributed by atoms with Crippen LogP contribution in [-0.4, -0.2) is 32.3 Å². The molecule has 0 saturated carbocycles. The average Bonchev–Trinajstić information content (AvgIpc) is 2.38. The Morgan fingerprint density at radius 3 is 2.44 bits per heavy atom. The number of rotatable bonds is 5. The normalized spacial score (nSPS) is 10.9. The van der Waals surface area contributed by atoms with Gasteiger partial charge in [-0.05, 0) is 18.2 Å². The molecule has 5 heteroatoms. The van der Waals surface area contributed by atoms with E-state index in [0.29, 0.717) is 17.6 Å². The van der Waals surface area contributed by atoms with Gasteiger partial charge in [0.05, 0.1) is 7.11 Å². The minimum atomic E-state index is -0.883. The van der Waals surface area contributed by atoms with Crippen LogP contribution in [0.1, 0.15) is 34.6 Å². The number of carbonyl (C=O) groups excluding carboxylic acids is 2. The minimum Gasteiger partial charge on any atom is -0.465 e. The summed E-state index contributed by atoms with van der Waals surface area (Å²) in [6.07, 6.45) is 0.650. The maximum atomic E-state index is 11.6. The molecule has 0 bridgehead atoms. The van der Waals surface area contributed by atoms with Gasteiger partial charge in [0.25, 0.3) is 0 Å². The lowest BCUT2D eigenvalue weighted by Gasteiger charge is -2.25. The Hall–Kier alpha value is -1.88. The number of hydrogen-bond donors (Lipinski definition) is 0. The van der Waals surface area contributed by atoms with Crippen LogP contribution >= 0.6 is 0 Å². The standard InChI is InChI=1S/C13H16O5/c1-13(2,17-4)18-11-6-5-9(8-14)7-10(11)12(15)16-3/h5-8H,1-4H3. The van der Waals surface area contributed by atoms with Gasteiger partial charge in [-0.3, -0.25) is 4.79 Å². The first kappa shape index (κ1) is 14.2. The Morgan fingerprint density at radius 2 is 1.94 bits per heavy atom. The fraction of sp³-hybridized carbons (Fsp3) is 0.385. The molecule has 1 rings (SSSR count). The summed E-state index contributed by atoms with van der Waals surface area (Å²) in [5.74, 6) is -1.15. The van der Waals surface area contributed by atoms with Crippen LogP contribution in [-0.2, 0) is 9.47 Å². The summed E-state index contributed by atoms with van der Waals surface area (Å²) in [5.41, 5.74) is 0.560. The van der Waals surface area contributed by atoms with E-state index in [-0.39, 0.29) is 5.56 Å². The van der Waals surface area contributed by atoms with Gasteiger partial charge < -0.3 is 14.2 Å². The zero-order valence-corrected chi connectivity index (χ0v) is 10.9. The van der Waals surface area contributed by atoms with Gasteiger partial charge in [-0.1, -0.05) is 0 Å². The molecule has 0 aliphatic heterocycles. The first-order chi connectivity index (χ1) is 8.43. The predicted octanol–water partition coefficient (Wildman–Crippen LogP) is 2.05. The molecule has 0 heterocycles. The van der Waals surface area contributed by atoms with Gasteiger partial charge in [0.15, 0.2) is 0 Å². The summed E-state index contributed by atoms with van der Waals surface area (Å²) in [6, 6.07) is 4.51. The highest BCUT2D eigenvalue weighted by molar-refractivity contribution is 5.94. The van der Waals surface area contributed by atoms with Crippen LogP contribution in [0.25, 0.3) is 0 Å². The van der Waals surface area contributed by atoms with Crippen molar-refractivity contribution in [3.05, 3.63) is 29.3 Å². The van der Waals surface area contributed by atoms with Crippen molar-refractivity contribution >= 4 is 12.3 Å². The van der Waals surface area contributed by atoms with E-state index in [0.717, 1.165) is 0 Å². The van der Waals surface area contributed by atoms with Crippen LogP contribution < -0.4 is 4.74 Å². The average molecular weight is 252 g/mol. The van der Waals surface area contributed by atoms with E-state index in [1.54, 1.807) is 19.9 Å². The number of carbonyl (C=O) groups is 2. The van der Waals surface area contributed by atoms with Crippen LogP contribution in [0.5, 0.6) is 5.75 Å². The van der Waals surface area contributed by atoms with Crippen molar-refractivity contribution in [3.63, 3.8) is 0 Å². The number of esters is 1. The second kappa shape index (κ2) is 5.64. The van der Waals surface area contributed by atoms with Crippen LogP contribution in [0.2, 0.25) is 0 Å². The summed E-state index contributed by atoms with van der Waals surface area (Å²) >= 11 is 0. The van der Waals surface area contributed by atoms with E-state index >= 15 is 0 Å². The van der Waals surface area contributed by atoms with E-state index in [4.69, 9.17) is 9.47 Å². The lowest BCUT2D eigenvalue weighted by atomic mass is 10.1. The highest BCUT2D eigenvalue weighted by atomic mass is 16.7. The zero-order chi connectivity index (χ0) is 13.8. The van der Waals surface area contributed by atoms with Crippen molar-refractivity contribution < 1.29 is 23.8 Å². The van der Waals surface area contributed by atoms with Gasteiger partial charge in [-0.25, -0.2) is 4.79 Å². The first-order valence-corrected chi connectivity index (χ1v) is 5.35. The molecule has 0 aliphatic rings. The summed E-state index contributed by atoms with van der Waals surface area (Å²) in [6.45, 7) is 3.42. The Bertz CT molecular complexity index is 451. The van der Waals surface area contributed by atoms with Crippen molar-refractivity contribution in [3.8, 4) is 5.75 Å². The molecule has 0 unspecified atom stereocenters.